The predicted molar refractivity (Wildman–Crippen MR) is 101 cm³/mol. The van der Waals surface area contributed by atoms with E-state index in [1.54, 1.807) is 11.3 Å². The van der Waals surface area contributed by atoms with Crippen LogP contribution in [0.25, 0.3) is 10.7 Å². The first kappa shape index (κ1) is 18.7. The van der Waals surface area contributed by atoms with Crippen molar-refractivity contribution < 1.29 is 18.1 Å². The summed E-state index contributed by atoms with van der Waals surface area (Å²) in [5.74, 6) is -0.788. The molecule has 3 aromatic rings. The topological polar surface area (TPSA) is 71.3 Å². The van der Waals surface area contributed by atoms with E-state index < -0.39 is 11.6 Å². The van der Waals surface area contributed by atoms with Gasteiger partial charge in [-0.3, -0.25) is 9.69 Å². The van der Waals surface area contributed by atoms with Crippen LogP contribution in [-0.4, -0.2) is 34.0 Å². The standard InChI is InChI=1S/C19H18F2N4O2S/c20-13-3-4-15(14(21)10-13)22-19(26)12-5-7-25(8-6-12)11-17-23-18(24-27-17)16-2-1-9-28-16/h1-4,9-10,12H,5-8,11H2,(H,22,26). The van der Waals surface area contributed by atoms with Gasteiger partial charge in [-0.2, -0.15) is 4.98 Å². The van der Waals surface area contributed by atoms with Gasteiger partial charge in [0, 0.05) is 12.0 Å². The molecular weight excluding hydrogens is 386 g/mol. The van der Waals surface area contributed by atoms with Gasteiger partial charge >= 0.3 is 0 Å². The van der Waals surface area contributed by atoms with E-state index in [1.807, 2.05) is 17.5 Å². The fraction of sp³-hybridized carbons (Fsp3) is 0.316. The van der Waals surface area contributed by atoms with Crippen molar-refractivity contribution in [3.8, 4) is 10.7 Å². The minimum atomic E-state index is -0.774. The lowest BCUT2D eigenvalue weighted by Crippen LogP contribution is -2.37. The summed E-state index contributed by atoms with van der Waals surface area (Å²) in [5, 5.41) is 8.51. The minimum Gasteiger partial charge on any atom is -0.338 e. The zero-order chi connectivity index (χ0) is 19.5. The highest BCUT2D eigenvalue weighted by Crippen LogP contribution is 2.24. The molecule has 1 amide bonds. The summed E-state index contributed by atoms with van der Waals surface area (Å²) in [6.07, 6.45) is 1.28. The number of hydrogen-bond donors (Lipinski definition) is 1. The van der Waals surface area contributed by atoms with Crippen molar-refractivity contribution in [1.82, 2.24) is 15.0 Å². The van der Waals surface area contributed by atoms with Crippen molar-refractivity contribution in [2.24, 2.45) is 5.92 Å². The third-order valence-corrected chi connectivity index (χ3v) is 5.58. The van der Waals surface area contributed by atoms with Gasteiger partial charge in [-0.1, -0.05) is 11.2 Å². The highest BCUT2D eigenvalue weighted by molar-refractivity contribution is 7.13. The number of carbonyl (C=O) groups is 1. The number of rotatable bonds is 5. The van der Waals surface area contributed by atoms with Gasteiger partial charge in [0.1, 0.15) is 11.6 Å². The fourth-order valence-electron chi connectivity index (χ4n) is 3.20. The average Bonchev–Trinajstić information content (AvgIpc) is 3.36. The minimum absolute atomic E-state index is 0.000737. The summed E-state index contributed by atoms with van der Waals surface area (Å²) in [6, 6.07) is 6.98. The van der Waals surface area contributed by atoms with Crippen molar-refractivity contribution >= 4 is 22.9 Å². The predicted octanol–water partition coefficient (Wildman–Crippen LogP) is 3.93. The van der Waals surface area contributed by atoms with Crippen LogP contribution in [0.4, 0.5) is 14.5 Å². The summed E-state index contributed by atoms with van der Waals surface area (Å²) in [4.78, 5) is 19.9. The molecule has 0 unspecified atom stereocenters. The van der Waals surface area contributed by atoms with E-state index in [0.29, 0.717) is 44.2 Å². The normalized spacial score (nSPS) is 15.6. The second-order valence-electron chi connectivity index (χ2n) is 6.65. The van der Waals surface area contributed by atoms with E-state index in [0.717, 1.165) is 17.0 Å². The number of amides is 1. The number of thiophene rings is 1. The van der Waals surface area contributed by atoms with Crippen LogP contribution in [0, 0.1) is 17.6 Å². The molecule has 4 rings (SSSR count). The molecule has 0 radical (unpaired) electrons. The molecule has 1 saturated heterocycles. The first-order chi connectivity index (χ1) is 13.6. The summed E-state index contributed by atoms with van der Waals surface area (Å²) >= 11 is 1.55. The zero-order valence-corrected chi connectivity index (χ0v) is 15.7. The monoisotopic (exact) mass is 404 g/mol. The molecule has 1 aromatic carbocycles. The van der Waals surface area contributed by atoms with Gasteiger partial charge in [0.05, 0.1) is 17.1 Å². The van der Waals surface area contributed by atoms with Gasteiger partial charge in [-0.25, -0.2) is 8.78 Å². The number of carbonyl (C=O) groups excluding carboxylic acids is 1. The summed E-state index contributed by atoms with van der Waals surface area (Å²) in [7, 11) is 0. The van der Waals surface area contributed by atoms with Crippen LogP contribution >= 0.6 is 11.3 Å². The molecule has 6 nitrogen and oxygen atoms in total. The van der Waals surface area contributed by atoms with Gasteiger partial charge in [-0.15, -0.1) is 11.3 Å². The Morgan fingerprint density at radius 3 is 2.82 bits per heavy atom. The van der Waals surface area contributed by atoms with Crippen LogP contribution in [-0.2, 0) is 11.3 Å². The van der Waals surface area contributed by atoms with Crippen molar-refractivity contribution in [1.29, 1.82) is 0 Å². The Morgan fingerprint density at radius 1 is 1.29 bits per heavy atom. The average molecular weight is 404 g/mol. The lowest BCUT2D eigenvalue weighted by molar-refractivity contribution is -0.121. The van der Waals surface area contributed by atoms with Crippen LogP contribution in [0.3, 0.4) is 0 Å². The van der Waals surface area contributed by atoms with Crippen molar-refractivity contribution in [2.75, 3.05) is 18.4 Å². The number of hydrogen-bond acceptors (Lipinski definition) is 6. The van der Waals surface area contributed by atoms with Gasteiger partial charge in [0.15, 0.2) is 0 Å². The van der Waals surface area contributed by atoms with E-state index >= 15 is 0 Å². The van der Waals surface area contributed by atoms with Gasteiger partial charge in [0.2, 0.25) is 17.6 Å². The maximum Gasteiger partial charge on any atom is 0.241 e. The Bertz CT molecular complexity index is 953. The number of halogens is 2. The molecule has 146 valence electrons. The van der Waals surface area contributed by atoms with E-state index in [4.69, 9.17) is 4.52 Å². The molecule has 0 saturated carbocycles. The van der Waals surface area contributed by atoms with E-state index in [9.17, 15) is 13.6 Å². The number of likely N-dealkylation sites (tertiary alicyclic amines) is 1. The maximum absolute atomic E-state index is 13.7. The fourth-order valence-corrected chi connectivity index (χ4v) is 3.84. The van der Waals surface area contributed by atoms with Crippen LogP contribution in [0.15, 0.2) is 40.2 Å². The molecule has 1 aliphatic heterocycles. The summed E-state index contributed by atoms with van der Waals surface area (Å²) in [5.41, 5.74) is 0.000737. The number of anilines is 1. The lowest BCUT2D eigenvalue weighted by Gasteiger charge is -2.30. The van der Waals surface area contributed by atoms with E-state index in [2.05, 4.69) is 20.4 Å². The molecule has 1 aliphatic rings. The molecule has 1 fully saturated rings. The Kier molecular flexibility index (Phi) is 5.45. The van der Waals surface area contributed by atoms with Crippen molar-refractivity contribution in [3.63, 3.8) is 0 Å². The zero-order valence-electron chi connectivity index (χ0n) is 14.9. The molecule has 0 aliphatic carbocycles. The molecule has 1 N–H and O–H groups in total. The number of nitrogens with zero attached hydrogens (tertiary/aromatic N) is 3. The first-order valence-corrected chi connectivity index (χ1v) is 9.81. The lowest BCUT2D eigenvalue weighted by atomic mass is 9.96. The quantitative estimate of drug-likeness (QED) is 0.698. The highest BCUT2D eigenvalue weighted by Gasteiger charge is 2.26. The number of benzene rings is 1. The maximum atomic E-state index is 13.7. The Labute approximate surface area is 164 Å². The number of piperidine rings is 1. The Morgan fingerprint density at radius 2 is 2.11 bits per heavy atom. The van der Waals surface area contributed by atoms with Crippen LogP contribution in [0.5, 0.6) is 0 Å². The van der Waals surface area contributed by atoms with Crippen LogP contribution in [0.1, 0.15) is 18.7 Å². The molecule has 0 spiro atoms. The second-order valence-corrected chi connectivity index (χ2v) is 7.60. The molecular formula is C19H18F2N4O2S. The third kappa shape index (κ3) is 4.26. The van der Waals surface area contributed by atoms with Gasteiger partial charge in [0.25, 0.3) is 0 Å². The largest absolute Gasteiger partial charge is 0.338 e. The van der Waals surface area contributed by atoms with Gasteiger partial charge < -0.3 is 9.84 Å². The molecule has 9 heteroatoms. The molecule has 3 heterocycles. The van der Waals surface area contributed by atoms with Gasteiger partial charge in [-0.05, 0) is 49.5 Å². The SMILES string of the molecule is O=C(Nc1ccc(F)cc1F)C1CCN(Cc2nc(-c3cccs3)no2)CC1. The Balaban J connectivity index is 1.29. The van der Waals surface area contributed by atoms with Crippen molar-refractivity contribution in [3.05, 3.63) is 53.2 Å². The second kappa shape index (κ2) is 8.15. The smallest absolute Gasteiger partial charge is 0.241 e. The van der Waals surface area contributed by atoms with Crippen molar-refractivity contribution in [2.45, 2.75) is 19.4 Å². The molecule has 28 heavy (non-hydrogen) atoms. The van der Waals surface area contributed by atoms with Crippen LogP contribution < -0.4 is 5.32 Å². The summed E-state index contributed by atoms with van der Waals surface area (Å²) < 4.78 is 32.0. The molecule has 0 bridgehead atoms. The Hall–Kier alpha value is -2.65. The number of aromatic nitrogens is 2. The molecule has 2 aromatic heterocycles. The van der Waals surface area contributed by atoms with E-state index in [-0.39, 0.29) is 17.5 Å². The highest BCUT2D eigenvalue weighted by atomic mass is 32.1. The third-order valence-electron chi connectivity index (χ3n) is 4.72. The number of nitrogens with one attached hydrogen (secondary N) is 1. The first-order valence-electron chi connectivity index (χ1n) is 8.93. The molecule has 0 atom stereocenters. The summed E-state index contributed by atoms with van der Waals surface area (Å²) in [6.45, 7) is 1.92. The van der Waals surface area contributed by atoms with E-state index in [1.165, 1.54) is 6.07 Å². The van der Waals surface area contributed by atoms with Crippen LogP contribution in [0.2, 0.25) is 0 Å².